The topological polar surface area (TPSA) is 0 Å². The Labute approximate surface area is 120 Å². The van der Waals surface area contributed by atoms with E-state index in [0.717, 1.165) is 0 Å². The number of benzene rings is 1. The maximum atomic E-state index is 9.75. The Morgan fingerprint density at radius 1 is 0.900 bits per heavy atom. The van der Waals surface area contributed by atoms with Crippen molar-refractivity contribution < 1.29 is 23.2 Å². The van der Waals surface area contributed by atoms with E-state index in [1.807, 2.05) is 0 Å². The normalized spacial score (nSPS) is 11.8. The maximum absolute atomic E-state index is 9.75. The Bertz CT molecular complexity index is 341. The minimum atomic E-state index is -6.00. The van der Waals surface area contributed by atoms with Crippen LogP contribution in [0.3, 0.4) is 0 Å². The molecule has 1 aromatic rings. The van der Waals surface area contributed by atoms with Crippen molar-refractivity contribution in [1.82, 2.24) is 0 Å². The molecule has 0 radical (unpaired) electrons. The molecule has 116 valence electrons. The zero-order chi connectivity index (χ0) is 15.6. The second kappa shape index (κ2) is 9.00. The zero-order valence-corrected chi connectivity index (χ0v) is 12.5. The lowest BCUT2D eigenvalue weighted by Crippen LogP contribution is -2.48. The molecule has 0 unspecified atom stereocenters. The smallest absolute Gasteiger partial charge is 0.418 e. The summed E-state index contributed by atoms with van der Waals surface area (Å²) in [5, 5.41) is 0. The van der Waals surface area contributed by atoms with Gasteiger partial charge in [0.05, 0.1) is 26.2 Å². The standard InChI is InChI=1S/C14H24N.BF4/c1-4-15(5-2,6-3)13-12-14-10-8-7-9-11-14;2-1(3,4)5/h7-11H,4-6,12-13H2,1-3H3;/q+1;-1/p+1. The van der Waals surface area contributed by atoms with Crippen molar-refractivity contribution in [2.75, 3.05) is 26.2 Å². The van der Waals surface area contributed by atoms with Crippen LogP contribution in [0.2, 0.25) is 0 Å². The molecular formula is C14H25BF4N+. The van der Waals surface area contributed by atoms with Gasteiger partial charge in [-0.15, -0.1) is 0 Å². The van der Waals surface area contributed by atoms with Crippen LogP contribution in [0, 0.1) is 0 Å². The average molecular weight is 294 g/mol. The summed E-state index contributed by atoms with van der Waals surface area (Å²) >= 11 is 0. The lowest BCUT2D eigenvalue weighted by atomic mass is 10.1. The minimum Gasteiger partial charge on any atom is -0.418 e. The maximum Gasteiger partial charge on any atom is 1.00 e. The summed E-state index contributed by atoms with van der Waals surface area (Å²) in [5.41, 5.74) is 1.47. The fourth-order valence-electron chi connectivity index (χ4n) is 2.16. The van der Waals surface area contributed by atoms with Crippen LogP contribution >= 0.6 is 0 Å². The molecule has 0 aliphatic carbocycles. The Hall–Kier alpha value is -1.04. The van der Waals surface area contributed by atoms with Gasteiger partial charge in [-0.1, -0.05) is 30.3 Å². The van der Waals surface area contributed by atoms with Gasteiger partial charge in [0, 0.05) is 6.42 Å². The molecule has 0 N–H and O–H groups in total. The van der Waals surface area contributed by atoms with E-state index in [4.69, 9.17) is 0 Å². The Morgan fingerprint density at radius 3 is 1.65 bits per heavy atom. The van der Waals surface area contributed by atoms with Crippen molar-refractivity contribution in [3.05, 3.63) is 35.9 Å². The van der Waals surface area contributed by atoms with E-state index in [0.29, 0.717) is 0 Å². The van der Waals surface area contributed by atoms with Crippen LogP contribution in [0.25, 0.3) is 0 Å². The first-order valence-corrected chi connectivity index (χ1v) is 7.02. The molecule has 0 aliphatic rings. The highest BCUT2D eigenvalue weighted by Crippen LogP contribution is 2.09. The highest BCUT2D eigenvalue weighted by molar-refractivity contribution is 6.50. The Morgan fingerprint density at radius 2 is 1.30 bits per heavy atom. The predicted molar refractivity (Wildman–Crippen MR) is 78.2 cm³/mol. The molecule has 1 nitrogen and oxygen atoms in total. The van der Waals surface area contributed by atoms with E-state index in [1.165, 1.54) is 42.6 Å². The van der Waals surface area contributed by atoms with Gasteiger partial charge in [0.25, 0.3) is 0 Å². The molecule has 0 amide bonds. The van der Waals surface area contributed by atoms with E-state index in [9.17, 15) is 17.3 Å². The van der Waals surface area contributed by atoms with Crippen LogP contribution in [0.1, 0.15) is 27.8 Å². The van der Waals surface area contributed by atoms with Crippen LogP contribution in [0.5, 0.6) is 0 Å². The molecular weight excluding hydrogens is 269 g/mol. The lowest BCUT2D eigenvalue weighted by molar-refractivity contribution is -0.923. The Balaban J connectivity index is 0. The average Bonchev–Trinajstić information content (AvgIpc) is 2.40. The van der Waals surface area contributed by atoms with Crippen molar-refractivity contribution in [2.45, 2.75) is 27.2 Å². The lowest BCUT2D eigenvalue weighted by Gasteiger charge is -2.35. The van der Waals surface area contributed by atoms with E-state index >= 15 is 0 Å². The van der Waals surface area contributed by atoms with Crippen LogP contribution in [-0.2, 0) is 6.42 Å². The molecule has 0 fully saturated rings. The molecule has 0 bridgehead atoms. The molecule has 1 rings (SSSR count). The fraction of sp³-hybridized carbons (Fsp3) is 0.571. The molecule has 1 aromatic carbocycles. The summed E-state index contributed by atoms with van der Waals surface area (Å²) in [7, 11) is -6.00. The van der Waals surface area contributed by atoms with Crippen LogP contribution < -0.4 is 0 Å². The van der Waals surface area contributed by atoms with E-state index < -0.39 is 7.25 Å². The third-order valence-corrected chi connectivity index (χ3v) is 3.73. The molecule has 0 spiro atoms. The van der Waals surface area contributed by atoms with Crippen molar-refractivity contribution in [2.24, 2.45) is 0 Å². The quantitative estimate of drug-likeness (QED) is 0.411. The number of halogens is 4. The van der Waals surface area contributed by atoms with Gasteiger partial charge in [-0.05, 0) is 26.3 Å². The number of nitrogens with zero attached hydrogens (tertiary/aromatic N) is 1. The van der Waals surface area contributed by atoms with Crippen molar-refractivity contribution in [1.29, 1.82) is 0 Å². The van der Waals surface area contributed by atoms with Crippen molar-refractivity contribution in [3.8, 4) is 0 Å². The number of hydrogen-bond donors (Lipinski definition) is 0. The van der Waals surface area contributed by atoms with Gasteiger partial charge >= 0.3 is 8.68 Å². The van der Waals surface area contributed by atoms with Gasteiger partial charge in [0.15, 0.2) is 0 Å². The zero-order valence-electron chi connectivity index (χ0n) is 13.5. The van der Waals surface area contributed by atoms with Crippen LogP contribution in [0.4, 0.5) is 17.3 Å². The monoisotopic (exact) mass is 294 g/mol. The molecule has 0 saturated carbocycles. The molecule has 0 saturated heterocycles. The first kappa shape index (κ1) is 19.0. The SMILES string of the molecule is CC[N+](CC)(CC)CCc1ccccc1.F[B-](F)(F)F.[H+]. The van der Waals surface area contributed by atoms with Crippen LogP contribution in [0.15, 0.2) is 30.3 Å². The summed E-state index contributed by atoms with van der Waals surface area (Å²) in [6, 6.07) is 10.8. The summed E-state index contributed by atoms with van der Waals surface area (Å²) in [5.74, 6) is 0. The van der Waals surface area contributed by atoms with E-state index in [2.05, 4.69) is 51.1 Å². The minimum absolute atomic E-state index is 0. The summed E-state index contributed by atoms with van der Waals surface area (Å²) in [6.07, 6.45) is 1.20. The Kier molecular flexibility index (Phi) is 8.54. The molecule has 0 aromatic heterocycles. The first-order chi connectivity index (χ1) is 9.26. The molecule has 0 atom stereocenters. The van der Waals surface area contributed by atoms with Crippen molar-refractivity contribution in [3.63, 3.8) is 0 Å². The third kappa shape index (κ3) is 8.96. The van der Waals surface area contributed by atoms with E-state index in [-0.39, 0.29) is 1.43 Å². The molecule has 0 heterocycles. The number of rotatable bonds is 6. The van der Waals surface area contributed by atoms with Gasteiger partial charge < -0.3 is 21.7 Å². The summed E-state index contributed by atoms with van der Waals surface area (Å²) < 4.78 is 40.2. The van der Waals surface area contributed by atoms with Crippen LogP contribution in [-0.4, -0.2) is 37.9 Å². The van der Waals surface area contributed by atoms with E-state index in [1.54, 1.807) is 0 Å². The number of hydrogen-bond acceptors (Lipinski definition) is 0. The second-order valence-corrected chi connectivity index (χ2v) is 4.74. The molecule has 0 aliphatic heterocycles. The predicted octanol–water partition coefficient (Wildman–Crippen LogP) is 4.52. The summed E-state index contributed by atoms with van der Waals surface area (Å²) in [4.78, 5) is 0. The second-order valence-electron chi connectivity index (χ2n) is 4.74. The number of likely N-dealkylation sites (N-methyl/N-ethyl adjacent to an activating group) is 1. The largest absolute Gasteiger partial charge is 1.00 e. The number of quaternary nitrogens is 1. The highest BCUT2D eigenvalue weighted by atomic mass is 19.5. The van der Waals surface area contributed by atoms with Gasteiger partial charge in [0.2, 0.25) is 0 Å². The molecule has 20 heavy (non-hydrogen) atoms. The summed E-state index contributed by atoms with van der Waals surface area (Å²) in [6.45, 7) is 11.9. The molecule has 6 heteroatoms. The van der Waals surface area contributed by atoms with Gasteiger partial charge in [-0.3, -0.25) is 0 Å². The van der Waals surface area contributed by atoms with Gasteiger partial charge in [-0.2, -0.15) is 0 Å². The highest BCUT2D eigenvalue weighted by Gasteiger charge is 2.20. The first-order valence-electron chi connectivity index (χ1n) is 7.02. The third-order valence-electron chi connectivity index (χ3n) is 3.73. The van der Waals surface area contributed by atoms with Gasteiger partial charge in [0.1, 0.15) is 0 Å². The fourth-order valence-corrected chi connectivity index (χ4v) is 2.16. The van der Waals surface area contributed by atoms with Gasteiger partial charge in [-0.25, -0.2) is 0 Å². The van der Waals surface area contributed by atoms with Crippen molar-refractivity contribution >= 4 is 7.25 Å².